The molecular formula is C19H30N4O. The molecule has 1 aliphatic carbocycles. The summed E-state index contributed by atoms with van der Waals surface area (Å²) >= 11 is 0. The van der Waals surface area contributed by atoms with Gasteiger partial charge in [-0.2, -0.15) is 0 Å². The van der Waals surface area contributed by atoms with Crippen LogP contribution in [0.4, 0.5) is 5.95 Å². The maximum atomic E-state index is 9.68. The van der Waals surface area contributed by atoms with Crippen LogP contribution in [0, 0.1) is 0 Å². The average molecular weight is 330 g/mol. The SMILES string of the molecule is OC1CCN(C2CCN(c3nccc(C4CCCC4)n3)CC2)CC1. The highest BCUT2D eigenvalue weighted by Gasteiger charge is 2.28. The summed E-state index contributed by atoms with van der Waals surface area (Å²) in [6, 6.07) is 2.79. The molecule has 1 aromatic rings. The Morgan fingerprint density at radius 2 is 1.62 bits per heavy atom. The predicted molar refractivity (Wildman–Crippen MR) is 95.3 cm³/mol. The highest BCUT2D eigenvalue weighted by atomic mass is 16.3. The molecule has 0 unspecified atom stereocenters. The number of aromatic nitrogens is 2. The molecule has 1 aromatic heterocycles. The molecule has 0 spiro atoms. The molecule has 0 amide bonds. The van der Waals surface area contributed by atoms with Crippen molar-refractivity contribution in [2.45, 2.75) is 69.4 Å². The van der Waals surface area contributed by atoms with Gasteiger partial charge in [0.05, 0.1) is 6.10 Å². The molecule has 3 fully saturated rings. The van der Waals surface area contributed by atoms with Crippen molar-refractivity contribution in [3.05, 3.63) is 18.0 Å². The first-order valence-electron chi connectivity index (χ1n) is 9.79. The van der Waals surface area contributed by atoms with Crippen LogP contribution in [0.3, 0.4) is 0 Å². The van der Waals surface area contributed by atoms with Gasteiger partial charge < -0.3 is 14.9 Å². The smallest absolute Gasteiger partial charge is 0.225 e. The minimum absolute atomic E-state index is 0.0759. The number of nitrogens with zero attached hydrogens (tertiary/aromatic N) is 4. The van der Waals surface area contributed by atoms with E-state index in [2.05, 4.69) is 20.9 Å². The second-order valence-electron chi connectivity index (χ2n) is 7.75. The fourth-order valence-corrected chi connectivity index (χ4v) is 4.65. The lowest BCUT2D eigenvalue weighted by Gasteiger charge is -2.41. The number of aliphatic hydroxyl groups excluding tert-OH is 1. The lowest BCUT2D eigenvalue weighted by Crippen LogP contribution is -2.48. The summed E-state index contributed by atoms with van der Waals surface area (Å²) in [6.45, 7) is 4.22. The number of likely N-dealkylation sites (tertiary alicyclic amines) is 1. The molecule has 132 valence electrons. The zero-order valence-electron chi connectivity index (χ0n) is 14.6. The topological polar surface area (TPSA) is 52.5 Å². The van der Waals surface area contributed by atoms with E-state index in [4.69, 9.17) is 4.98 Å². The number of aliphatic hydroxyl groups is 1. The number of anilines is 1. The quantitative estimate of drug-likeness (QED) is 0.923. The first-order valence-corrected chi connectivity index (χ1v) is 9.79. The zero-order valence-corrected chi connectivity index (χ0v) is 14.6. The van der Waals surface area contributed by atoms with Crippen molar-refractivity contribution < 1.29 is 5.11 Å². The van der Waals surface area contributed by atoms with Gasteiger partial charge in [-0.15, -0.1) is 0 Å². The molecule has 24 heavy (non-hydrogen) atoms. The molecule has 1 N–H and O–H groups in total. The van der Waals surface area contributed by atoms with Gasteiger partial charge >= 0.3 is 0 Å². The Hall–Kier alpha value is -1.20. The van der Waals surface area contributed by atoms with Gasteiger partial charge in [-0.05, 0) is 44.6 Å². The summed E-state index contributed by atoms with van der Waals surface area (Å²) in [5.41, 5.74) is 1.25. The fraction of sp³-hybridized carbons (Fsp3) is 0.789. The molecule has 0 atom stereocenters. The van der Waals surface area contributed by atoms with Crippen LogP contribution in [-0.4, -0.2) is 58.3 Å². The van der Waals surface area contributed by atoms with E-state index in [1.165, 1.54) is 44.2 Å². The minimum Gasteiger partial charge on any atom is -0.393 e. The van der Waals surface area contributed by atoms with Gasteiger partial charge in [-0.3, -0.25) is 0 Å². The zero-order chi connectivity index (χ0) is 16.4. The Balaban J connectivity index is 1.35. The molecular weight excluding hydrogens is 300 g/mol. The summed E-state index contributed by atoms with van der Waals surface area (Å²) < 4.78 is 0. The number of piperidine rings is 2. The minimum atomic E-state index is -0.0759. The molecule has 3 heterocycles. The molecule has 1 saturated carbocycles. The summed E-state index contributed by atoms with van der Waals surface area (Å²) in [5.74, 6) is 1.59. The Bertz CT molecular complexity index is 530. The Labute approximate surface area is 145 Å². The van der Waals surface area contributed by atoms with Crippen molar-refractivity contribution in [2.75, 3.05) is 31.1 Å². The van der Waals surface area contributed by atoms with Gasteiger partial charge in [0, 0.05) is 50.0 Å². The van der Waals surface area contributed by atoms with E-state index < -0.39 is 0 Å². The van der Waals surface area contributed by atoms with Crippen LogP contribution in [0.1, 0.15) is 63.0 Å². The largest absolute Gasteiger partial charge is 0.393 e. The van der Waals surface area contributed by atoms with Gasteiger partial charge in [0.2, 0.25) is 5.95 Å². The van der Waals surface area contributed by atoms with Crippen LogP contribution in [0.25, 0.3) is 0 Å². The van der Waals surface area contributed by atoms with Crippen molar-refractivity contribution in [2.24, 2.45) is 0 Å². The maximum absolute atomic E-state index is 9.68. The van der Waals surface area contributed by atoms with Crippen LogP contribution < -0.4 is 4.90 Å². The third-order valence-corrected chi connectivity index (χ3v) is 6.20. The predicted octanol–water partition coefficient (Wildman–Crippen LogP) is 2.56. The second kappa shape index (κ2) is 7.36. The summed E-state index contributed by atoms with van der Waals surface area (Å²) in [6.07, 6.45) is 11.4. The summed E-state index contributed by atoms with van der Waals surface area (Å²) in [5, 5.41) is 9.68. The second-order valence-corrected chi connectivity index (χ2v) is 7.75. The Kier molecular flexibility index (Phi) is 4.99. The summed E-state index contributed by atoms with van der Waals surface area (Å²) in [4.78, 5) is 14.4. The van der Waals surface area contributed by atoms with Gasteiger partial charge in [0.15, 0.2) is 0 Å². The standard InChI is InChI=1S/C19H30N4O/c24-17-8-13-22(14-9-17)16-6-11-23(12-7-16)19-20-10-5-18(21-19)15-3-1-2-4-15/h5,10,15-17,24H,1-4,6-9,11-14H2. The monoisotopic (exact) mass is 330 g/mol. The third kappa shape index (κ3) is 3.57. The van der Waals surface area contributed by atoms with Gasteiger partial charge in [-0.1, -0.05) is 12.8 Å². The Morgan fingerprint density at radius 3 is 2.33 bits per heavy atom. The average Bonchev–Trinajstić information content (AvgIpc) is 3.17. The van der Waals surface area contributed by atoms with Gasteiger partial charge in [-0.25, -0.2) is 9.97 Å². The lowest BCUT2D eigenvalue weighted by atomic mass is 9.99. The normalized spacial score (nSPS) is 25.5. The van der Waals surface area contributed by atoms with Crippen LogP contribution in [0.5, 0.6) is 0 Å². The highest BCUT2D eigenvalue weighted by Crippen LogP contribution is 2.33. The van der Waals surface area contributed by atoms with Crippen LogP contribution in [0.2, 0.25) is 0 Å². The van der Waals surface area contributed by atoms with Crippen LogP contribution in [0.15, 0.2) is 12.3 Å². The van der Waals surface area contributed by atoms with Crippen molar-refractivity contribution in [3.63, 3.8) is 0 Å². The molecule has 0 aromatic carbocycles. The van der Waals surface area contributed by atoms with E-state index in [-0.39, 0.29) is 6.10 Å². The molecule has 0 bridgehead atoms. The van der Waals surface area contributed by atoms with Crippen molar-refractivity contribution >= 4 is 5.95 Å². The number of hydrogen-bond acceptors (Lipinski definition) is 5. The molecule has 5 nitrogen and oxygen atoms in total. The van der Waals surface area contributed by atoms with Gasteiger partial charge in [0.25, 0.3) is 0 Å². The number of rotatable bonds is 3. The summed E-state index contributed by atoms with van der Waals surface area (Å²) in [7, 11) is 0. The van der Waals surface area contributed by atoms with E-state index >= 15 is 0 Å². The molecule has 0 radical (unpaired) electrons. The molecule has 2 saturated heterocycles. The van der Waals surface area contributed by atoms with Crippen molar-refractivity contribution in [3.8, 4) is 0 Å². The third-order valence-electron chi connectivity index (χ3n) is 6.20. The Morgan fingerprint density at radius 1 is 0.917 bits per heavy atom. The van der Waals surface area contributed by atoms with Crippen LogP contribution >= 0.6 is 0 Å². The van der Waals surface area contributed by atoms with E-state index in [1.54, 1.807) is 0 Å². The highest BCUT2D eigenvalue weighted by molar-refractivity contribution is 5.32. The first kappa shape index (κ1) is 16.3. The van der Waals surface area contributed by atoms with Gasteiger partial charge in [0.1, 0.15) is 0 Å². The van der Waals surface area contributed by atoms with Crippen molar-refractivity contribution in [1.29, 1.82) is 0 Å². The molecule has 4 rings (SSSR count). The van der Waals surface area contributed by atoms with E-state index in [0.717, 1.165) is 45.0 Å². The van der Waals surface area contributed by atoms with E-state index in [0.29, 0.717) is 12.0 Å². The van der Waals surface area contributed by atoms with E-state index in [9.17, 15) is 5.11 Å². The molecule has 2 aliphatic heterocycles. The lowest BCUT2D eigenvalue weighted by molar-refractivity contribution is 0.0541. The van der Waals surface area contributed by atoms with E-state index in [1.807, 2.05) is 6.20 Å². The van der Waals surface area contributed by atoms with Crippen molar-refractivity contribution in [1.82, 2.24) is 14.9 Å². The van der Waals surface area contributed by atoms with Crippen LogP contribution in [-0.2, 0) is 0 Å². The molecule has 3 aliphatic rings. The maximum Gasteiger partial charge on any atom is 0.225 e. The number of hydrogen-bond donors (Lipinski definition) is 1. The molecule has 5 heteroatoms. The first-order chi connectivity index (χ1) is 11.8. The fourth-order valence-electron chi connectivity index (χ4n) is 4.65.